The van der Waals surface area contributed by atoms with Gasteiger partial charge in [0, 0.05) is 4.88 Å². The lowest BCUT2D eigenvalue weighted by molar-refractivity contribution is -0.140. The van der Waals surface area contributed by atoms with Gasteiger partial charge in [-0.15, -0.1) is 11.3 Å². The topological polar surface area (TPSA) is 26.0 Å². The van der Waals surface area contributed by atoms with Crippen LogP contribution >= 0.6 is 22.9 Å². The first-order valence-electron chi connectivity index (χ1n) is 5.57. The van der Waals surface area contributed by atoms with Crippen LogP contribution in [0.1, 0.15) is 27.6 Å². The van der Waals surface area contributed by atoms with Gasteiger partial charge in [-0.25, -0.2) is 4.39 Å². The molecule has 0 saturated heterocycles. The molecule has 7 heteroatoms. The van der Waals surface area contributed by atoms with Crippen molar-refractivity contribution in [3.63, 3.8) is 0 Å². The molecular formula is C13H10ClF4NS. The van der Waals surface area contributed by atoms with Gasteiger partial charge in [-0.2, -0.15) is 13.2 Å². The normalized spacial score (nSPS) is 13.6. The van der Waals surface area contributed by atoms with Gasteiger partial charge < -0.3 is 5.73 Å². The minimum Gasteiger partial charge on any atom is -0.320 e. The van der Waals surface area contributed by atoms with E-state index in [1.807, 2.05) is 0 Å². The first kappa shape index (κ1) is 15.3. The standard InChI is InChI=1S/C13H10ClF4NS/c1-6-5-20-12(10(6)14)11(19)7-2-3-8(9(15)4-7)13(16,17)18/h2-5,11H,19H2,1H3. The van der Waals surface area contributed by atoms with E-state index < -0.39 is 23.6 Å². The summed E-state index contributed by atoms with van der Waals surface area (Å²) < 4.78 is 51.0. The van der Waals surface area contributed by atoms with Crippen molar-refractivity contribution >= 4 is 22.9 Å². The first-order valence-corrected chi connectivity index (χ1v) is 6.83. The van der Waals surface area contributed by atoms with Crippen LogP contribution < -0.4 is 5.73 Å². The molecule has 0 aliphatic rings. The number of hydrogen-bond donors (Lipinski definition) is 1. The molecule has 0 amide bonds. The van der Waals surface area contributed by atoms with Crippen molar-refractivity contribution in [3.05, 3.63) is 56.0 Å². The van der Waals surface area contributed by atoms with Crippen LogP contribution in [0.25, 0.3) is 0 Å². The molecular weight excluding hydrogens is 314 g/mol. The lowest BCUT2D eigenvalue weighted by Gasteiger charge is -2.14. The number of hydrogen-bond acceptors (Lipinski definition) is 2. The fraction of sp³-hybridized carbons (Fsp3) is 0.231. The summed E-state index contributed by atoms with van der Waals surface area (Å²) in [7, 11) is 0. The maximum Gasteiger partial charge on any atom is 0.419 e. The first-order chi connectivity index (χ1) is 9.21. The fourth-order valence-electron chi connectivity index (χ4n) is 1.77. The number of aryl methyl sites for hydroxylation is 1. The zero-order valence-corrected chi connectivity index (χ0v) is 11.8. The molecule has 0 aliphatic carbocycles. The van der Waals surface area contributed by atoms with Crippen molar-refractivity contribution in [3.8, 4) is 0 Å². The second-order valence-electron chi connectivity index (χ2n) is 4.31. The van der Waals surface area contributed by atoms with Crippen LogP contribution in [0.15, 0.2) is 23.6 Å². The highest BCUT2D eigenvalue weighted by molar-refractivity contribution is 7.10. The summed E-state index contributed by atoms with van der Waals surface area (Å²) in [4.78, 5) is 0.600. The Labute approximate surface area is 122 Å². The predicted octanol–water partition coefficient (Wildman–Crippen LogP) is 4.92. The van der Waals surface area contributed by atoms with Crippen molar-refractivity contribution in [1.82, 2.24) is 0 Å². The van der Waals surface area contributed by atoms with E-state index in [9.17, 15) is 17.6 Å². The average Bonchev–Trinajstić information content (AvgIpc) is 2.67. The van der Waals surface area contributed by atoms with Gasteiger partial charge in [-0.05, 0) is 35.6 Å². The minimum atomic E-state index is -4.72. The van der Waals surface area contributed by atoms with Gasteiger partial charge >= 0.3 is 6.18 Å². The zero-order chi connectivity index (χ0) is 15.1. The van der Waals surface area contributed by atoms with Gasteiger partial charge in [0.1, 0.15) is 5.82 Å². The molecule has 1 heterocycles. The summed E-state index contributed by atoms with van der Waals surface area (Å²) in [6, 6.07) is 1.91. The molecule has 0 saturated carbocycles. The molecule has 1 atom stereocenters. The summed E-state index contributed by atoms with van der Waals surface area (Å²) in [5.41, 5.74) is 5.71. The lowest BCUT2D eigenvalue weighted by atomic mass is 10.0. The number of nitrogens with two attached hydrogens (primary N) is 1. The van der Waals surface area contributed by atoms with E-state index in [-0.39, 0.29) is 5.56 Å². The molecule has 2 N–H and O–H groups in total. The number of benzene rings is 1. The van der Waals surface area contributed by atoms with Gasteiger partial charge in [0.25, 0.3) is 0 Å². The van der Waals surface area contributed by atoms with Crippen LogP contribution in [-0.2, 0) is 6.18 Å². The SMILES string of the molecule is Cc1csc(C(N)c2ccc(C(F)(F)F)c(F)c2)c1Cl. The second kappa shape index (κ2) is 5.35. The van der Waals surface area contributed by atoms with Crippen LogP contribution in [0.5, 0.6) is 0 Å². The Morgan fingerprint density at radius 1 is 1.30 bits per heavy atom. The third kappa shape index (κ3) is 2.82. The van der Waals surface area contributed by atoms with Crippen LogP contribution in [0.4, 0.5) is 17.6 Å². The van der Waals surface area contributed by atoms with E-state index in [0.29, 0.717) is 16.0 Å². The van der Waals surface area contributed by atoms with Gasteiger partial charge in [0.05, 0.1) is 16.6 Å². The number of alkyl halides is 3. The smallest absolute Gasteiger partial charge is 0.320 e. The Morgan fingerprint density at radius 3 is 2.40 bits per heavy atom. The van der Waals surface area contributed by atoms with Crippen molar-refractivity contribution in [2.75, 3.05) is 0 Å². The highest BCUT2D eigenvalue weighted by Crippen LogP contribution is 2.36. The average molecular weight is 324 g/mol. The fourth-order valence-corrected chi connectivity index (χ4v) is 3.10. The maximum atomic E-state index is 13.5. The molecule has 108 valence electrons. The lowest BCUT2D eigenvalue weighted by Crippen LogP contribution is -2.13. The van der Waals surface area contributed by atoms with E-state index in [1.165, 1.54) is 17.4 Å². The van der Waals surface area contributed by atoms with E-state index in [2.05, 4.69) is 0 Å². The molecule has 1 nitrogen and oxygen atoms in total. The van der Waals surface area contributed by atoms with E-state index in [1.54, 1.807) is 12.3 Å². The van der Waals surface area contributed by atoms with Crippen LogP contribution in [0, 0.1) is 12.7 Å². The van der Waals surface area contributed by atoms with E-state index >= 15 is 0 Å². The second-order valence-corrected chi connectivity index (χ2v) is 5.60. The summed E-state index contributed by atoms with van der Waals surface area (Å²) >= 11 is 7.35. The van der Waals surface area contributed by atoms with Gasteiger partial charge in [0.2, 0.25) is 0 Å². The molecule has 0 aliphatic heterocycles. The molecule has 0 fully saturated rings. The Bertz CT molecular complexity index is 636. The number of rotatable bonds is 2. The third-order valence-electron chi connectivity index (χ3n) is 2.87. The summed E-state index contributed by atoms with van der Waals surface area (Å²) in [5.74, 6) is -1.34. The highest BCUT2D eigenvalue weighted by Gasteiger charge is 2.34. The number of halogens is 5. The summed E-state index contributed by atoms with van der Waals surface area (Å²) in [6.07, 6.45) is -4.72. The maximum absolute atomic E-state index is 13.5. The Hall–Kier alpha value is -1.11. The Kier molecular flexibility index (Phi) is 4.09. The molecule has 0 radical (unpaired) electrons. The van der Waals surface area contributed by atoms with Crippen molar-refractivity contribution in [1.29, 1.82) is 0 Å². The number of thiophene rings is 1. The molecule has 0 bridgehead atoms. The quantitative estimate of drug-likeness (QED) is 0.780. The van der Waals surface area contributed by atoms with E-state index in [4.69, 9.17) is 17.3 Å². The van der Waals surface area contributed by atoms with Crippen molar-refractivity contribution < 1.29 is 17.6 Å². The zero-order valence-electron chi connectivity index (χ0n) is 10.3. The van der Waals surface area contributed by atoms with Crippen LogP contribution in [0.3, 0.4) is 0 Å². The molecule has 0 spiro atoms. The van der Waals surface area contributed by atoms with E-state index in [0.717, 1.165) is 11.6 Å². The van der Waals surface area contributed by atoms with Crippen LogP contribution in [0.2, 0.25) is 5.02 Å². The van der Waals surface area contributed by atoms with Crippen LogP contribution in [-0.4, -0.2) is 0 Å². The largest absolute Gasteiger partial charge is 0.419 e. The third-order valence-corrected chi connectivity index (χ3v) is 4.66. The Morgan fingerprint density at radius 2 is 1.95 bits per heavy atom. The van der Waals surface area contributed by atoms with Crippen molar-refractivity contribution in [2.24, 2.45) is 5.73 Å². The minimum absolute atomic E-state index is 0.249. The Balaban J connectivity index is 2.39. The molecule has 1 unspecified atom stereocenters. The molecule has 1 aromatic heterocycles. The molecule has 2 rings (SSSR count). The van der Waals surface area contributed by atoms with Crippen molar-refractivity contribution in [2.45, 2.75) is 19.1 Å². The van der Waals surface area contributed by atoms with Gasteiger partial charge in [-0.1, -0.05) is 17.7 Å². The summed E-state index contributed by atoms with van der Waals surface area (Å²) in [5, 5.41) is 2.25. The molecule has 1 aromatic carbocycles. The highest BCUT2D eigenvalue weighted by atomic mass is 35.5. The predicted molar refractivity (Wildman–Crippen MR) is 71.5 cm³/mol. The van der Waals surface area contributed by atoms with Gasteiger partial charge in [0.15, 0.2) is 0 Å². The monoisotopic (exact) mass is 323 g/mol. The molecule has 2 aromatic rings. The van der Waals surface area contributed by atoms with Gasteiger partial charge in [-0.3, -0.25) is 0 Å². The molecule has 20 heavy (non-hydrogen) atoms. The summed E-state index contributed by atoms with van der Waals surface area (Å²) in [6.45, 7) is 1.79.